The summed E-state index contributed by atoms with van der Waals surface area (Å²) in [5.74, 6) is -1.40. The Hall–Kier alpha value is -1.32. The molecule has 0 aromatic heterocycles. The molecule has 0 saturated carbocycles. The molecule has 2 aliphatic rings. The second-order valence-electron chi connectivity index (χ2n) is 4.24. The fraction of sp³-hybridized carbons (Fsp3) is 0.600. The van der Waals surface area contributed by atoms with E-state index in [1.807, 2.05) is 6.08 Å². The Morgan fingerprint density at radius 2 is 2.29 bits per heavy atom. The van der Waals surface area contributed by atoms with Gasteiger partial charge in [0.15, 0.2) is 0 Å². The zero-order valence-electron chi connectivity index (χ0n) is 8.11. The summed E-state index contributed by atoms with van der Waals surface area (Å²) in [4.78, 5) is 22.8. The van der Waals surface area contributed by atoms with Crippen molar-refractivity contribution in [3.8, 4) is 0 Å². The van der Waals surface area contributed by atoms with Gasteiger partial charge < -0.3 is 9.84 Å². The van der Waals surface area contributed by atoms with Crippen LogP contribution in [0, 0.1) is 10.8 Å². The van der Waals surface area contributed by atoms with Crippen LogP contribution in [0.5, 0.6) is 0 Å². The van der Waals surface area contributed by atoms with Gasteiger partial charge in [-0.15, -0.1) is 0 Å². The third-order valence-electron chi connectivity index (χ3n) is 3.64. The molecule has 4 nitrogen and oxygen atoms in total. The van der Waals surface area contributed by atoms with E-state index in [4.69, 9.17) is 4.74 Å². The quantitative estimate of drug-likeness (QED) is 0.501. The van der Waals surface area contributed by atoms with Gasteiger partial charge in [-0.1, -0.05) is 12.2 Å². The molecule has 0 radical (unpaired) electrons. The zero-order chi connectivity index (χ0) is 10.6. The molecule has 4 heteroatoms. The maximum atomic E-state index is 11.6. The fourth-order valence-electron chi connectivity index (χ4n) is 2.23. The second kappa shape index (κ2) is 2.38. The van der Waals surface area contributed by atoms with Crippen LogP contribution in [-0.2, 0) is 14.3 Å². The number of ether oxygens (including phenoxy) is 1. The molecule has 2 rings (SSSR count). The van der Waals surface area contributed by atoms with Gasteiger partial charge in [-0.05, 0) is 13.8 Å². The maximum Gasteiger partial charge on any atom is 0.317 e. The van der Waals surface area contributed by atoms with Gasteiger partial charge in [0.25, 0.3) is 0 Å². The number of carbonyl (C=O) groups is 2. The van der Waals surface area contributed by atoms with Gasteiger partial charge in [-0.25, -0.2) is 0 Å². The van der Waals surface area contributed by atoms with Crippen molar-refractivity contribution in [1.29, 1.82) is 0 Å². The van der Waals surface area contributed by atoms with Crippen LogP contribution in [0.1, 0.15) is 20.3 Å². The van der Waals surface area contributed by atoms with E-state index in [1.165, 1.54) is 0 Å². The lowest BCUT2D eigenvalue weighted by Gasteiger charge is -2.35. The Morgan fingerprint density at radius 3 is 2.71 bits per heavy atom. The molecule has 1 unspecified atom stereocenters. The summed E-state index contributed by atoms with van der Waals surface area (Å²) in [6, 6.07) is 0. The van der Waals surface area contributed by atoms with Gasteiger partial charge in [0.2, 0.25) is 0 Å². The van der Waals surface area contributed by atoms with Crippen molar-refractivity contribution in [3.63, 3.8) is 0 Å². The van der Waals surface area contributed by atoms with Crippen LogP contribution < -0.4 is 0 Å². The number of aliphatic carboxylic acids is 1. The van der Waals surface area contributed by atoms with E-state index in [1.54, 1.807) is 19.9 Å². The first-order valence-electron chi connectivity index (χ1n) is 4.55. The Bertz CT molecular complexity index is 346. The van der Waals surface area contributed by atoms with Crippen LogP contribution >= 0.6 is 0 Å². The number of esters is 1. The average molecular weight is 196 g/mol. The Morgan fingerprint density at radius 1 is 1.64 bits per heavy atom. The molecule has 1 aliphatic carbocycles. The summed E-state index contributed by atoms with van der Waals surface area (Å²) in [5.41, 5.74) is -2.14. The Labute approximate surface area is 81.6 Å². The van der Waals surface area contributed by atoms with Crippen LogP contribution in [0.2, 0.25) is 0 Å². The number of hydrogen-bond acceptors (Lipinski definition) is 3. The predicted octanol–water partition coefficient (Wildman–Crippen LogP) is 0.969. The highest BCUT2D eigenvalue weighted by Gasteiger charge is 2.66. The van der Waals surface area contributed by atoms with Crippen molar-refractivity contribution in [2.75, 3.05) is 0 Å². The molecule has 2 bridgehead atoms. The molecule has 1 fully saturated rings. The number of carbonyl (C=O) groups excluding carboxylic acids is 1. The molecule has 1 N–H and O–H groups in total. The third-order valence-corrected chi connectivity index (χ3v) is 3.64. The van der Waals surface area contributed by atoms with Gasteiger partial charge in [0, 0.05) is 6.42 Å². The van der Waals surface area contributed by atoms with E-state index in [-0.39, 0.29) is 0 Å². The number of hydrogen-bond donors (Lipinski definition) is 1. The molecule has 0 spiro atoms. The van der Waals surface area contributed by atoms with Gasteiger partial charge in [0.05, 0.1) is 0 Å². The first kappa shape index (κ1) is 9.24. The average Bonchev–Trinajstić information content (AvgIpc) is 2.23. The Kier molecular flexibility index (Phi) is 1.57. The van der Waals surface area contributed by atoms with Crippen molar-refractivity contribution >= 4 is 11.9 Å². The van der Waals surface area contributed by atoms with Gasteiger partial charge in [-0.3, -0.25) is 9.59 Å². The summed E-state index contributed by atoms with van der Waals surface area (Å²) < 4.78 is 5.08. The van der Waals surface area contributed by atoms with E-state index in [2.05, 4.69) is 0 Å². The van der Waals surface area contributed by atoms with E-state index in [0.29, 0.717) is 6.42 Å². The molecule has 1 aliphatic heterocycles. The molecule has 0 aromatic rings. The lowest BCUT2D eigenvalue weighted by atomic mass is 9.61. The summed E-state index contributed by atoms with van der Waals surface area (Å²) in [6.07, 6.45) is 3.44. The highest BCUT2D eigenvalue weighted by Crippen LogP contribution is 2.54. The molecule has 0 aromatic carbocycles. The molecule has 1 heterocycles. The minimum Gasteiger partial charge on any atom is -0.481 e. The maximum absolute atomic E-state index is 11.6. The summed E-state index contributed by atoms with van der Waals surface area (Å²) in [7, 11) is 0. The third kappa shape index (κ3) is 0.744. The van der Waals surface area contributed by atoms with Crippen LogP contribution in [0.25, 0.3) is 0 Å². The molecule has 3 atom stereocenters. The summed E-state index contributed by atoms with van der Waals surface area (Å²) in [6.45, 7) is 3.20. The number of fused-ring (bicyclic) bond motifs is 2. The van der Waals surface area contributed by atoms with Crippen molar-refractivity contribution < 1.29 is 19.4 Å². The first-order valence-corrected chi connectivity index (χ1v) is 4.55. The monoisotopic (exact) mass is 196 g/mol. The van der Waals surface area contributed by atoms with Crippen LogP contribution in [0.3, 0.4) is 0 Å². The standard InChI is InChI=1S/C10H12O4/c1-9-5-3-4-6(14-8(9)13)10(9,2)7(11)12/h3,5-6H,4H2,1-2H3,(H,11,12)/t6-,9-,10?/m1/s1. The van der Waals surface area contributed by atoms with Crippen molar-refractivity contribution in [2.24, 2.45) is 10.8 Å². The largest absolute Gasteiger partial charge is 0.481 e. The van der Waals surface area contributed by atoms with Crippen LogP contribution in [0.15, 0.2) is 12.2 Å². The van der Waals surface area contributed by atoms with Crippen LogP contribution in [-0.4, -0.2) is 23.1 Å². The van der Waals surface area contributed by atoms with E-state index >= 15 is 0 Å². The fourth-order valence-corrected chi connectivity index (χ4v) is 2.23. The van der Waals surface area contributed by atoms with E-state index in [0.717, 1.165) is 0 Å². The molecule has 76 valence electrons. The number of carboxylic acid groups (broad SMARTS) is 1. The minimum absolute atomic E-state index is 0.429. The number of rotatable bonds is 1. The van der Waals surface area contributed by atoms with Crippen molar-refractivity contribution in [1.82, 2.24) is 0 Å². The second-order valence-corrected chi connectivity index (χ2v) is 4.24. The highest BCUT2D eigenvalue weighted by atomic mass is 16.6. The molecule has 14 heavy (non-hydrogen) atoms. The van der Waals surface area contributed by atoms with E-state index < -0.39 is 28.9 Å². The summed E-state index contributed by atoms with van der Waals surface area (Å²) in [5, 5.41) is 9.20. The molecular formula is C10H12O4. The highest BCUT2D eigenvalue weighted by molar-refractivity contribution is 5.93. The van der Waals surface area contributed by atoms with Crippen molar-refractivity contribution in [3.05, 3.63) is 12.2 Å². The normalized spacial score (nSPS) is 45.0. The minimum atomic E-state index is -1.13. The molecule has 0 amide bonds. The summed E-state index contributed by atoms with van der Waals surface area (Å²) >= 11 is 0. The van der Waals surface area contributed by atoms with Gasteiger partial charge in [-0.2, -0.15) is 0 Å². The lowest BCUT2D eigenvalue weighted by Crippen LogP contribution is -2.48. The SMILES string of the molecule is CC1(C(=O)O)[C@H]2CC=C[C@]1(C)C(=O)O2. The van der Waals surface area contributed by atoms with E-state index in [9.17, 15) is 14.7 Å². The molecular weight excluding hydrogens is 184 g/mol. The van der Waals surface area contributed by atoms with Gasteiger partial charge in [0.1, 0.15) is 16.9 Å². The van der Waals surface area contributed by atoms with Gasteiger partial charge >= 0.3 is 11.9 Å². The smallest absolute Gasteiger partial charge is 0.317 e. The lowest BCUT2D eigenvalue weighted by molar-refractivity contribution is -0.155. The number of carboxylic acids is 1. The topological polar surface area (TPSA) is 63.6 Å². The van der Waals surface area contributed by atoms with Crippen LogP contribution in [0.4, 0.5) is 0 Å². The molecule has 1 saturated heterocycles. The van der Waals surface area contributed by atoms with Crippen molar-refractivity contribution in [2.45, 2.75) is 26.4 Å². The zero-order valence-corrected chi connectivity index (χ0v) is 8.11. The predicted molar refractivity (Wildman–Crippen MR) is 47.5 cm³/mol. The Balaban J connectivity index is 2.60. The first-order chi connectivity index (χ1) is 6.43.